The number of nitrogens with zero attached hydrogens (tertiary/aromatic N) is 1. The molecular weight excluding hydrogens is 378 g/mol. The second-order valence-electron chi connectivity index (χ2n) is 8.30. The molecule has 1 aliphatic carbocycles. The molecule has 2 aromatic rings. The van der Waals surface area contributed by atoms with Crippen molar-refractivity contribution in [1.82, 2.24) is 4.90 Å². The molecule has 0 N–H and O–H groups in total. The number of rotatable bonds is 6. The Labute approximate surface area is 178 Å². The molecule has 0 aromatic heterocycles. The van der Waals surface area contributed by atoms with Crippen LogP contribution in [0.15, 0.2) is 54.6 Å². The quantitative estimate of drug-likeness (QED) is 0.674. The number of esters is 1. The zero-order valence-electron chi connectivity index (χ0n) is 17.3. The fourth-order valence-electron chi connectivity index (χ4n) is 4.44. The number of hydrogen-bond donors (Lipinski definition) is 0. The molecule has 2 aromatic carbocycles. The van der Waals surface area contributed by atoms with Crippen molar-refractivity contribution in [3.8, 4) is 11.1 Å². The maximum Gasteiger partial charge on any atom is 0.312 e. The van der Waals surface area contributed by atoms with Crippen LogP contribution in [-0.4, -0.2) is 43.1 Å². The smallest absolute Gasteiger partial charge is 0.312 e. The van der Waals surface area contributed by atoms with Crippen molar-refractivity contribution < 1.29 is 19.1 Å². The molecule has 0 bridgehead atoms. The maximum absolute atomic E-state index is 13.0. The molecule has 30 heavy (non-hydrogen) atoms. The third-order valence-corrected chi connectivity index (χ3v) is 6.28. The van der Waals surface area contributed by atoms with Crippen LogP contribution in [0.25, 0.3) is 11.1 Å². The Morgan fingerprint density at radius 1 is 0.900 bits per heavy atom. The van der Waals surface area contributed by atoms with Crippen molar-refractivity contribution in [1.29, 1.82) is 0 Å². The van der Waals surface area contributed by atoms with Gasteiger partial charge in [0.1, 0.15) is 6.61 Å². The van der Waals surface area contributed by atoms with Crippen LogP contribution < -0.4 is 0 Å². The highest BCUT2D eigenvalue weighted by Gasteiger charge is 2.45. The van der Waals surface area contributed by atoms with Gasteiger partial charge in [-0.25, -0.2) is 0 Å². The standard InChI is InChI=1S/C25H29NO4/c27-23(26-14-16-29-17-15-26)18-25(12-4-5-13-25)24(28)30-19-20-8-10-22(11-9-20)21-6-2-1-3-7-21/h1-3,6-11H,4-5,12-19H2. The van der Waals surface area contributed by atoms with Gasteiger partial charge in [-0.15, -0.1) is 0 Å². The van der Waals surface area contributed by atoms with Gasteiger partial charge >= 0.3 is 5.97 Å². The lowest BCUT2D eigenvalue weighted by Crippen LogP contribution is -2.44. The molecule has 5 heteroatoms. The van der Waals surface area contributed by atoms with Crippen molar-refractivity contribution in [3.63, 3.8) is 0 Å². The summed E-state index contributed by atoms with van der Waals surface area (Å²) in [4.78, 5) is 27.6. The molecule has 158 valence electrons. The Kier molecular flexibility index (Phi) is 6.48. The molecule has 2 fully saturated rings. The molecule has 2 aliphatic rings. The number of carbonyl (C=O) groups is 2. The normalized spacial score (nSPS) is 18.2. The van der Waals surface area contributed by atoms with Crippen molar-refractivity contribution in [2.45, 2.75) is 38.7 Å². The van der Waals surface area contributed by atoms with E-state index in [-0.39, 0.29) is 24.9 Å². The highest BCUT2D eigenvalue weighted by Crippen LogP contribution is 2.43. The van der Waals surface area contributed by atoms with Gasteiger partial charge in [-0.3, -0.25) is 9.59 Å². The Bertz CT molecular complexity index is 850. The van der Waals surface area contributed by atoms with Gasteiger partial charge in [0.25, 0.3) is 0 Å². The van der Waals surface area contributed by atoms with Crippen molar-refractivity contribution in [2.75, 3.05) is 26.3 Å². The zero-order valence-corrected chi connectivity index (χ0v) is 17.3. The second kappa shape index (κ2) is 9.43. The minimum atomic E-state index is -0.667. The summed E-state index contributed by atoms with van der Waals surface area (Å²) in [7, 11) is 0. The molecule has 5 nitrogen and oxygen atoms in total. The Morgan fingerprint density at radius 3 is 2.20 bits per heavy atom. The third kappa shape index (κ3) is 4.73. The predicted molar refractivity (Wildman–Crippen MR) is 115 cm³/mol. The van der Waals surface area contributed by atoms with Crippen LogP contribution in [0.5, 0.6) is 0 Å². The minimum absolute atomic E-state index is 0.0457. The van der Waals surface area contributed by atoms with Crippen LogP contribution in [-0.2, 0) is 25.7 Å². The van der Waals surface area contributed by atoms with Crippen LogP contribution in [0, 0.1) is 5.41 Å². The summed E-state index contributed by atoms with van der Waals surface area (Å²) in [5, 5.41) is 0. The van der Waals surface area contributed by atoms with E-state index in [1.807, 2.05) is 47.4 Å². The summed E-state index contributed by atoms with van der Waals surface area (Å²) in [6.07, 6.45) is 3.65. The van der Waals surface area contributed by atoms with Gasteiger partial charge in [0.05, 0.1) is 18.6 Å². The van der Waals surface area contributed by atoms with Gasteiger partial charge < -0.3 is 14.4 Å². The Morgan fingerprint density at radius 2 is 1.53 bits per heavy atom. The topological polar surface area (TPSA) is 55.8 Å². The van der Waals surface area contributed by atoms with E-state index in [0.717, 1.165) is 42.4 Å². The van der Waals surface area contributed by atoms with Crippen LogP contribution in [0.1, 0.15) is 37.7 Å². The van der Waals surface area contributed by atoms with Crippen molar-refractivity contribution in [3.05, 3.63) is 60.2 Å². The third-order valence-electron chi connectivity index (χ3n) is 6.28. The first-order valence-electron chi connectivity index (χ1n) is 10.8. The Hall–Kier alpha value is -2.66. The molecule has 1 aliphatic heterocycles. The molecule has 0 spiro atoms. The highest BCUT2D eigenvalue weighted by atomic mass is 16.5. The minimum Gasteiger partial charge on any atom is -0.460 e. The van der Waals surface area contributed by atoms with Gasteiger partial charge in [0.2, 0.25) is 5.91 Å². The van der Waals surface area contributed by atoms with E-state index in [9.17, 15) is 9.59 Å². The summed E-state index contributed by atoms with van der Waals surface area (Å²) in [5.41, 5.74) is 2.58. The number of benzene rings is 2. The van der Waals surface area contributed by atoms with E-state index in [1.54, 1.807) is 0 Å². The number of hydrogen-bond acceptors (Lipinski definition) is 4. The lowest BCUT2D eigenvalue weighted by molar-refractivity contribution is -0.161. The van der Waals surface area contributed by atoms with E-state index < -0.39 is 5.41 Å². The van der Waals surface area contributed by atoms with Crippen LogP contribution >= 0.6 is 0 Å². The van der Waals surface area contributed by atoms with Gasteiger partial charge in [0, 0.05) is 19.5 Å². The predicted octanol–water partition coefficient (Wildman–Crippen LogP) is 4.21. The maximum atomic E-state index is 13.0. The van der Waals surface area contributed by atoms with Crippen LogP contribution in [0.2, 0.25) is 0 Å². The van der Waals surface area contributed by atoms with Gasteiger partial charge in [-0.1, -0.05) is 67.4 Å². The van der Waals surface area contributed by atoms with Crippen LogP contribution in [0.4, 0.5) is 0 Å². The van der Waals surface area contributed by atoms with Crippen molar-refractivity contribution in [2.24, 2.45) is 5.41 Å². The largest absolute Gasteiger partial charge is 0.460 e. The van der Waals surface area contributed by atoms with E-state index >= 15 is 0 Å². The molecule has 1 saturated carbocycles. The Balaban J connectivity index is 1.37. The average molecular weight is 408 g/mol. The van der Waals surface area contributed by atoms with E-state index in [1.165, 1.54) is 0 Å². The molecule has 0 atom stereocenters. The summed E-state index contributed by atoms with van der Waals surface area (Å²) >= 11 is 0. The van der Waals surface area contributed by atoms with Crippen molar-refractivity contribution >= 4 is 11.9 Å². The first kappa shape index (κ1) is 20.6. The highest BCUT2D eigenvalue weighted by molar-refractivity contribution is 5.86. The SMILES string of the molecule is O=C(CC1(C(=O)OCc2ccc(-c3ccccc3)cc2)CCCC1)N1CCOCC1. The fourth-order valence-corrected chi connectivity index (χ4v) is 4.44. The number of carbonyl (C=O) groups excluding carboxylic acids is 2. The summed E-state index contributed by atoms with van der Waals surface area (Å²) in [6, 6.07) is 18.3. The second-order valence-corrected chi connectivity index (χ2v) is 8.30. The number of ether oxygens (including phenoxy) is 2. The molecule has 1 saturated heterocycles. The number of morpholine rings is 1. The first-order valence-corrected chi connectivity index (χ1v) is 10.8. The van der Waals surface area contributed by atoms with Gasteiger partial charge in [0.15, 0.2) is 0 Å². The summed E-state index contributed by atoms with van der Waals surface area (Å²) in [5.74, 6) is -0.182. The molecule has 1 heterocycles. The van der Waals surface area contributed by atoms with E-state index in [4.69, 9.17) is 9.47 Å². The zero-order chi connectivity index (χ0) is 20.8. The van der Waals surface area contributed by atoms with Crippen LogP contribution in [0.3, 0.4) is 0 Å². The average Bonchev–Trinajstić information content (AvgIpc) is 3.28. The lowest BCUT2D eigenvalue weighted by atomic mass is 9.82. The molecule has 4 rings (SSSR count). The number of amides is 1. The van der Waals surface area contributed by atoms with E-state index in [2.05, 4.69) is 12.1 Å². The fraction of sp³-hybridized carbons (Fsp3) is 0.440. The van der Waals surface area contributed by atoms with Gasteiger partial charge in [-0.05, 0) is 29.5 Å². The first-order chi connectivity index (χ1) is 14.7. The van der Waals surface area contributed by atoms with Gasteiger partial charge in [-0.2, -0.15) is 0 Å². The monoisotopic (exact) mass is 407 g/mol. The summed E-state index contributed by atoms with van der Waals surface area (Å²) < 4.78 is 11.0. The molecule has 0 radical (unpaired) electrons. The summed E-state index contributed by atoms with van der Waals surface area (Å²) in [6.45, 7) is 2.60. The molecule has 0 unspecified atom stereocenters. The van der Waals surface area contributed by atoms with E-state index in [0.29, 0.717) is 26.3 Å². The lowest BCUT2D eigenvalue weighted by Gasteiger charge is -2.32. The molecule has 1 amide bonds. The molecular formula is C25H29NO4.